The van der Waals surface area contributed by atoms with Crippen LogP contribution in [0.15, 0.2) is 39.5 Å². The smallest absolute Gasteiger partial charge is 0.349 e. The Morgan fingerprint density at radius 2 is 2.08 bits per heavy atom. The summed E-state index contributed by atoms with van der Waals surface area (Å²) in [5.74, 6) is 0. The Labute approximate surface area is 144 Å². The molecule has 0 N–H and O–H groups in total. The van der Waals surface area contributed by atoms with Crippen LogP contribution in [0.3, 0.4) is 0 Å². The number of fused-ring (bicyclic) bond motifs is 3. The molecule has 124 valence electrons. The number of hydrogen-bond acceptors (Lipinski definition) is 6. The summed E-state index contributed by atoms with van der Waals surface area (Å²) in [6.07, 6.45) is 0.871. The van der Waals surface area contributed by atoms with Crippen LogP contribution in [0, 0.1) is 0 Å². The van der Waals surface area contributed by atoms with Gasteiger partial charge in [-0.2, -0.15) is 4.98 Å². The molecule has 0 saturated heterocycles. The molecule has 0 fully saturated rings. The summed E-state index contributed by atoms with van der Waals surface area (Å²) in [6, 6.07) is 10.9. The van der Waals surface area contributed by atoms with E-state index in [4.69, 9.17) is 4.42 Å². The van der Waals surface area contributed by atoms with Crippen molar-refractivity contribution in [1.29, 1.82) is 0 Å². The van der Waals surface area contributed by atoms with Crippen LogP contribution in [0.2, 0.25) is 0 Å². The molecule has 1 aliphatic rings. The van der Waals surface area contributed by atoms with E-state index >= 15 is 0 Å². The van der Waals surface area contributed by atoms with E-state index in [1.54, 1.807) is 16.2 Å². The summed E-state index contributed by atoms with van der Waals surface area (Å²) in [5, 5.41) is 0.681. The van der Waals surface area contributed by atoms with Gasteiger partial charge >= 0.3 is 11.6 Å². The standard InChI is InChI=1S/C18H19N3O2S/c1-20(2)18-19-16-15(17(22)23-18)13-8-9-21(11-14(13)24-16)10-12-6-4-3-5-7-12/h3-7H,8-11H2,1-2H3. The number of benzene rings is 1. The second-order valence-electron chi connectivity index (χ2n) is 6.31. The van der Waals surface area contributed by atoms with Gasteiger partial charge in [0, 0.05) is 38.6 Å². The molecule has 1 aromatic carbocycles. The lowest BCUT2D eigenvalue weighted by Gasteiger charge is -2.26. The number of nitrogens with zero attached hydrogens (tertiary/aromatic N) is 3. The third kappa shape index (κ3) is 2.72. The van der Waals surface area contributed by atoms with Crippen molar-refractivity contribution in [3.63, 3.8) is 0 Å². The highest BCUT2D eigenvalue weighted by molar-refractivity contribution is 7.18. The third-order valence-electron chi connectivity index (χ3n) is 4.33. The Hall–Kier alpha value is -2.18. The summed E-state index contributed by atoms with van der Waals surface area (Å²) >= 11 is 1.62. The van der Waals surface area contributed by atoms with E-state index in [2.05, 4.69) is 34.1 Å². The molecule has 4 rings (SSSR count). The summed E-state index contributed by atoms with van der Waals surface area (Å²) in [7, 11) is 3.65. The van der Waals surface area contributed by atoms with Crippen molar-refractivity contribution in [1.82, 2.24) is 9.88 Å². The van der Waals surface area contributed by atoms with Gasteiger partial charge in [0.2, 0.25) is 0 Å². The molecule has 0 saturated carbocycles. The number of aromatic nitrogens is 1. The van der Waals surface area contributed by atoms with Crippen LogP contribution in [0.5, 0.6) is 0 Å². The molecule has 0 unspecified atom stereocenters. The molecular weight excluding hydrogens is 322 g/mol. The van der Waals surface area contributed by atoms with Gasteiger partial charge in [-0.15, -0.1) is 11.3 Å². The lowest BCUT2D eigenvalue weighted by Crippen LogP contribution is -2.29. The zero-order valence-electron chi connectivity index (χ0n) is 13.8. The predicted octanol–water partition coefficient (Wildman–Crippen LogP) is 2.87. The van der Waals surface area contributed by atoms with Gasteiger partial charge in [0.05, 0.1) is 0 Å². The fraction of sp³-hybridized carbons (Fsp3) is 0.333. The zero-order valence-corrected chi connectivity index (χ0v) is 14.6. The predicted molar refractivity (Wildman–Crippen MR) is 96.7 cm³/mol. The van der Waals surface area contributed by atoms with Gasteiger partial charge < -0.3 is 9.32 Å². The molecule has 6 heteroatoms. The van der Waals surface area contributed by atoms with Gasteiger partial charge in [0.15, 0.2) is 0 Å². The topological polar surface area (TPSA) is 49.6 Å². The Bertz CT molecular complexity index is 931. The fourth-order valence-corrected chi connectivity index (χ4v) is 4.38. The zero-order chi connectivity index (χ0) is 16.7. The lowest BCUT2D eigenvalue weighted by atomic mass is 10.0. The van der Waals surface area contributed by atoms with Gasteiger partial charge in [-0.3, -0.25) is 4.90 Å². The molecule has 24 heavy (non-hydrogen) atoms. The number of rotatable bonds is 3. The molecular formula is C18H19N3O2S. The monoisotopic (exact) mass is 341 g/mol. The Morgan fingerprint density at radius 3 is 2.83 bits per heavy atom. The van der Waals surface area contributed by atoms with Crippen LogP contribution in [-0.2, 0) is 19.5 Å². The molecule has 5 nitrogen and oxygen atoms in total. The summed E-state index contributed by atoms with van der Waals surface area (Å²) in [5.41, 5.74) is 2.18. The van der Waals surface area contributed by atoms with Crippen molar-refractivity contribution in [2.45, 2.75) is 19.5 Å². The minimum Gasteiger partial charge on any atom is -0.388 e. The first kappa shape index (κ1) is 15.4. The van der Waals surface area contributed by atoms with Crippen molar-refractivity contribution >= 4 is 27.6 Å². The van der Waals surface area contributed by atoms with Crippen LogP contribution in [0.4, 0.5) is 6.01 Å². The van der Waals surface area contributed by atoms with Gasteiger partial charge in [0.1, 0.15) is 10.2 Å². The largest absolute Gasteiger partial charge is 0.388 e. The normalized spacial score (nSPS) is 14.8. The maximum absolute atomic E-state index is 12.4. The van der Waals surface area contributed by atoms with Crippen LogP contribution in [-0.4, -0.2) is 30.5 Å². The van der Waals surface area contributed by atoms with Crippen molar-refractivity contribution in [3.8, 4) is 0 Å². The Kier molecular flexibility index (Phi) is 3.86. The van der Waals surface area contributed by atoms with E-state index in [-0.39, 0.29) is 5.63 Å². The molecule has 0 bridgehead atoms. The van der Waals surface area contributed by atoms with Crippen LogP contribution < -0.4 is 10.5 Å². The molecule has 1 aliphatic heterocycles. The van der Waals surface area contributed by atoms with Crippen molar-refractivity contribution in [2.24, 2.45) is 0 Å². The second kappa shape index (κ2) is 6.03. The molecule has 0 amide bonds. The fourth-order valence-electron chi connectivity index (χ4n) is 3.14. The molecule has 0 aliphatic carbocycles. The number of hydrogen-bond donors (Lipinski definition) is 0. The molecule has 3 aromatic rings. The first-order valence-electron chi connectivity index (χ1n) is 8.01. The van der Waals surface area contributed by atoms with Crippen LogP contribution in [0.1, 0.15) is 16.0 Å². The summed E-state index contributed by atoms with van der Waals surface area (Å²) in [4.78, 5) is 23.1. The van der Waals surface area contributed by atoms with Crippen molar-refractivity contribution in [3.05, 3.63) is 56.8 Å². The average Bonchev–Trinajstić information content (AvgIpc) is 2.93. The van der Waals surface area contributed by atoms with Crippen LogP contribution in [0.25, 0.3) is 10.2 Å². The van der Waals surface area contributed by atoms with Gasteiger partial charge in [-0.1, -0.05) is 30.3 Å². The highest BCUT2D eigenvalue weighted by atomic mass is 32.1. The molecule has 0 radical (unpaired) electrons. The molecule has 0 spiro atoms. The van der Waals surface area contributed by atoms with E-state index in [1.165, 1.54) is 10.4 Å². The second-order valence-corrected chi connectivity index (χ2v) is 7.39. The van der Waals surface area contributed by atoms with Gasteiger partial charge in [0.25, 0.3) is 0 Å². The minimum atomic E-state index is -0.266. The SMILES string of the molecule is CN(C)c1nc2sc3c(c2c(=O)o1)CCN(Cc1ccccc1)C3. The number of anilines is 1. The molecule has 2 aromatic heterocycles. The van der Waals surface area contributed by atoms with Crippen molar-refractivity contribution < 1.29 is 4.42 Å². The van der Waals surface area contributed by atoms with E-state index in [0.29, 0.717) is 11.4 Å². The van der Waals surface area contributed by atoms with E-state index in [9.17, 15) is 4.79 Å². The average molecular weight is 341 g/mol. The quantitative estimate of drug-likeness (QED) is 0.733. The highest BCUT2D eigenvalue weighted by Crippen LogP contribution is 2.33. The summed E-state index contributed by atoms with van der Waals surface area (Å²) in [6.45, 7) is 2.74. The van der Waals surface area contributed by atoms with Crippen LogP contribution >= 0.6 is 11.3 Å². The maximum atomic E-state index is 12.4. The summed E-state index contributed by atoms with van der Waals surface area (Å²) < 4.78 is 5.35. The minimum absolute atomic E-state index is 0.266. The lowest BCUT2D eigenvalue weighted by molar-refractivity contribution is 0.249. The molecule has 3 heterocycles. The third-order valence-corrected chi connectivity index (χ3v) is 5.44. The van der Waals surface area contributed by atoms with E-state index < -0.39 is 0 Å². The van der Waals surface area contributed by atoms with Gasteiger partial charge in [-0.25, -0.2) is 4.79 Å². The van der Waals surface area contributed by atoms with E-state index in [0.717, 1.165) is 36.4 Å². The maximum Gasteiger partial charge on any atom is 0.349 e. The van der Waals surface area contributed by atoms with Crippen molar-refractivity contribution in [2.75, 3.05) is 25.5 Å². The highest BCUT2D eigenvalue weighted by Gasteiger charge is 2.24. The molecule has 0 atom stereocenters. The Balaban J connectivity index is 1.67. The first-order chi connectivity index (χ1) is 11.6. The number of thiophene rings is 1. The Morgan fingerprint density at radius 1 is 1.29 bits per heavy atom. The van der Waals surface area contributed by atoms with Gasteiger partial charge in [-0.05, 0) is 17.5 Å². The first-order valence-corrected chi connectivity index (χ1v) is 8.82. The van der Waals surface area contributed by atoms with E-state index in [1.807, 2.05) is 20.2 Å².